The molecule has 1 N–H and O–H groups in total. The Morgan fingerprint density at radius 3 is 2.52 bits per heavy atom. The maximum Gasteiger partial charge on any atom is 0.341 e. The second kappa shape index (κ2) is 9.74. The molecule has 0 aromatic heterocycles. The predicted molar refractivity (Wildman–Crippen MR) is 106 cm³/mol. The molecule has 0 aliphatic carbocycles. The summed E-state index contributed by atoms with van der Waals surface area (Å²) in [5, 5.41) is 13.5. The number of nitro groups is 1. The number of methoxy groups -OCH3 is 1. The van der Waals surface area contributed by atoms with E-state index in [1.165, 1.54) is 37.4 Å². The molecule has 0 atom stereocenters. The molecule has 2 aromatic carbocycles. The molecule has 154 valence electrons. The van der Waals surface area contributed by atoms with Gasteiger partial charge >= 0.3 is 5.97 Å². The highest BCUT2D eigenvalue weighted by molar-refractivity contribution is 6.34. The van der Waals surface area contributed by atoms with Gasteiger partial charge in [-0.3, -0.25) is 14.9 Å². The van der Waals surface area contributed by atoms with Crippen molar-refractivity contribution in [2.45, 2.75) is 13.8 Å². The first-order valence-corrected chi connectivity index (χ1v) is 8.87. The number of ether oxygens (including phenoxy) is 3. The number of aryl methyl sites for hydroxylation is 1. The molecule has 0 bridgehead atoms. The van der Waals surface area contributed by atoms with Crippen molar-refractivity contribution in [3.05, 3.63) is 56.6 Å². The molecule has 1 amide bonds. The van der Waals surface area contributed by atoms with Gasteiger partial charge in [-0.05, 0) is 31.5 Å². The highest BCUT2D eigenvalue weighted by Gasteiger charge is 2.18. The van der Waals surface area contributed by atoms with E-state index >= 15 is 0 Å². The molecule has 29 heavy (non-hydrogen) atoms. The van der Waals surface area contributed by atoms with Gasteiger partial charge in [-0.1, -0.05) is 11.6 Å². The molecule has 0 saturated heterocycles. The van der Waals surface area contributed by atoms with Gasteiger partial charge in [0, 0.05) is 18.2 Å². The Balaban J connectivity index is 2.09. The summed E-state index contributed by atoms with van der Waals surface area (Å²) < 4.78 is 15.5. The second-order valence-corrected chi connectivity index (χ2v) is 6.20. The Labute approximate surface area is 171 Å². The molecule has 0 unspecified atom stereocenters. The molecule has 9 nitrogen and oxygen atoms in total. The Hall–Kier alpha value is -3.33. The second-order valence-electron chi connectivity index (χ2n) is 5.80. The number of amides is 1. The lowest BCUT2D eigenvalue weighted by molar-refractivity contribution is -0.384. The number of nitrogens with zero attached hydrogens (tertiary/aromatic N) is 1. The number of carbonyl (C=O) groups is 2. The van der Waals surface area contributed by atoms with Crippen LogP contribution in [0, 0.1) is 17.0 Å². The third-order valence-corrected chi connectivity index (χ3v) is 4.10. The zero-order chi connectivity index (χ0) is 21.6. The van der Waals surface area contributed by atoms with Crippen LogP contribution in [0.4, 0.5) is 11.4 Å². The van der Waals surface area contributed by atoms with Crippen LogP contribution in [0.25, 0.3) is 0 Å². The molecule has 0 fully saturated rings. The minimum atomic E-state index is -0.596. The van der Waals surface area contributed by atoms with Gasteiger partial charge in [-0.15, -0.1) is 0 Å². The van der Waals surface area contributed by atoms with Crippen LogP contribution in [0.5, 0.6) is 11.5 Å². The van der Waals surface area contributed by atoms with Gasteiger partial charge in [-0.25, -0.2) is 4.79 Å². The molecule has 10 heteroatoms. The van der Waals surface area contributed by atoms with Gasteiger partial charge in [-0.2, -0.15) is 0 Å². The maximum atomic E-state index is 12.2. The minimum Gasteiger partial charge on any atom is -0.496 e. The predicted octanol–water partition coefficient (Wildman–Crippen LogP) is 3.76. The number of rotatable bonds is 8. The number of halogens is 1. The highest BCUT2D eigenvalue weighted by Crippen LogP contribution is 2.31. The van der Waals surface area contributed by atoms with Gasteiger partial charge < -0.3 is 19.5 Å². The molecule has 0 heterocycles. The standard InChI is InChI=1S/C19H19ClN2O7/c1-4-28-19(24)13-8-14(20)15(9-17(13)27-3)21-18(23)10-29-16-6-5-12(22(25)26)7-11(16)2/h5-9H,4,10H2,1-3H3,(H,21,23). The van der Waals surface area contributed by atoms with Crippen molar-refractivity contribution in [3.8, 4) is 11.5 Å². The number of carbonyl (C=O) groups excluding carboxylic acids is 2. The Bertz CT molecular complexity index is 946. The lowest BCUT2D eigenvalue weighted by atomic mass is 10.1. The normalized spacial score (nSPS) is 10.2. The van der Waals surface area contributed by atoms with Crippen LogP contribution in [0.3, 0.4) is 0 Å². The van der Waals surface area contributed by atoms with Gasteiger partial charge in [0.2, 0.25) is 0 Å². The van der Waals surface area contributed by atoms with Gasteiger partial charge in [0.15, 0.2) is 6.61 Å². The average molecular weight is 423 g/mol. The Morgan fingerprint density at radius 1 is 1.21 bits per heavy atom. The monoisotopic (exact) mass is 422 g/mol. The third-order valence-electron chi connectivity index (χ3n) is 3.79. The Morgan fingerprint density at radius 2 is 1.93 bits per heavy atom. The van der Waals surface area contributed by atoms with Gasteiger partial charge in [0.25, 0.3) is 11.6 Å². The van der Waals surface area contributed by atoms with Crippen molar-refractivity contribution in [2.24, 2.45) is 0 Å². The molecular weight excluding hydrogens is 404 g/mol. The number of nitrogens with one attached hydrogen (secondary N) is 1. The van der Waals surface area contributed by atoms with Crippen LogP contribution in [-0.2, 0) is 9.53 Å². The van der Waals surface area contributed by atoms with E-state index in [0.717, 1.165) is 0 Å². The molecule has 0 saturated carbocycles. The van der Waals surface area contributed by atoms with Gasteiger partial charge in [0.05, 0.1) is 29.4 Å². The number of hydrogen-bond donors (Lipinski definition) is 1. The molecule has 2 rings (SSSR count). The zero-order valence-corrected chi connectivity index (χ0v) is 16.7. The molecule has 0 spiro atoms. The summed E-state index contributed by atoms with van der Waals surface area (Å²) in [6.45, 7) is 3.15. The van der Waals surface area contributed by atoms with Crippen LogP contribution in [0.15, 0.2) is 30.3 Å². The summed E-state index contributed by atoms with van der Waals surface area (Å²) >= 11 is 6.15. The van der Waals surface area contributed by atoms with E-state index in [-0.39, 0.29) is 40.9 Å². The number of esters is 1. The largest absolute Gasteiger partial charge is 0.496 e. The topological polar surface area (TPSA) is 117 Å². The van der Waals surface area contributed by atoms with E-state index < -0.39 is 16.8 Å². The third kappa shape index (κ3) is 5.58. The first kappa shape index (κ1) is 22.0. The lowest BCUT2D eigenvalue weighted by Crippen LogP contribution is -2.21. The summed E-state index contributed by atoms with van der Waals surface area (Å²) in [5.41, 5.74) is 0.811. The van der Waals surface area contributed by atoms with E-state index in [1.54, 1.807) is 13.8 Å². The SMILES string of the molecule is CCOC(=O)c1cc(Cl)c(NC(=O)COc2ccc([N+](=O)[O-])cc2C)cc1OC. The fraction of sp³-hybridized carbons (Fsp3) is 0.263. The number of nitro benzene ring substituents is 1. The van der Waals surface area contributed by atoms with E-state index in [1.807, 2.05) is 0 Å². The van der Waals surface area contributed by atoms with Crippen LogP contribution in [0.2, 0.25) is 5.02 Å². The number of benzene rings is 2. The highest BCUT2D eigenvalue weighted by atomic mass is 35.5. The number of anilines is 1. The number of non-ortho nitro benzene ring substituents is 1. The van der Waals surface area contributed by atoms with Crippen LogP contribution in [-0.4, -0.2) is 37.1 Å². The quantitative estimate of drug-likeness (QED) is 0.391. The first-order valence-electron chi connectivity index (χ1n) is 8.49. The van der Waals surface area contributed by atoms with Crippen molar-refractivity contribution in [3.63, 3.8) is 0 Å². The molecular formula is C19H19ClN2O7. The molecule has 2 aromatic rings. The minimum absolute atomic E-state index is 0.0696. The molecule has 0 aliphatic heterocycles. The summed E-state index contributed by atoms with van der Waals surface area (Å²) in [6.07, 6.45) is 0. The maximum absolute atomic E-state index is 12.2. The van der Waals surface area contributed by atoms with E-state index in [0.29, 0.717) is 11.3 Å². The lowest BCUT2D eigenvalue weighted by Gasteiger charge is -2.13. The fourth-order valence-corrected chi connectivity index (χ4v) is 2.64. The fourth-order valence-electron chi connectivity index (χ4n) is 2.43. The summed E-state index contributed by atoms with van der Waals surface area (Å²) in [5.74, 6) is -0.584. The van der Waals surface area contributed by atoms with E-state index in [9.17, 15) is 19.7 Å². The number of hydrogen-bond acceptors (Lipinski definition) is 7. The van der Waals surface area contributed by atoms with E-state index in [2.05, 4.69) is 5.32 Å². The smallest absolute Gasteiger partial charge is 0.341 e. The van der Waals surface area contributed by atoms with Crippen molar-refractivity contribution in [1.82, 2.24) is 0 Å². The van der Waals surface area contributed by atoms with Gasteiger partial charge in [0.1, 0.15) is 17.1 Å². The summed E-state index contributed by atoms with van der Waals surface area (Å²) in [7, 11) is 1.37. The average Bonchev–Trinajstić information content (AvgIpc) is 2.68. The Kier molecular flexibility index (Phi) is 7.38. The van der Waals surface area contributed by atoms with Crippen molar-refractivity contribution < 1.29 is 28.7 Å². The van der Waals surface area contributed by atoms with Crippen molar-refractivity contribution in [1.29, 1.82) is 0 Å². The van der Waals surface area contributed by atoms with E-state index in [4.69, 9.17) is 25.8 Å². The van der Waals surface area contributed by atoms with Crippen molar-refractivity contribution in [2.75, 3.05) is 25.6 Å². The summed E-state index contributed by atoms with van der Waals surface area (Å²) in [4.78, 5) is 34.4. The van der Waals surface area contributed by atoms with Crippen molar-refractivity contribution >= 4 is 34.9 Å². The van der Waals surface area contributed by atoms with Crippen LogP contribution < -0.4 is 14.8 Å². The molecule has 0 radical (unpaired) electrons. The summed E-state index contributed by atoms with van der Waals surface area (Å²) in [6, 6.07) is 6.81. The zero-order valence-electron chi connectivity index (χ0n) is 16.0. The van der Waals surface area contributed by atoms with Crippen LogP contribution >= 0.6 is 11.6 Å². The first-order chi connectivity index (χ1) is 13.8. The van der Waals surface area contributed by atoms with Crippen LogP contribution in [0.1, 0.15) is 22.8 Å². The molecule has 0 aliphatic rings.